The van der Waals surface area contributed by atoms with Gasteiger partial charge in [0.05, 0.1) is 0 Å². The van der Waals surface area contributed by atoms with Crippen LogP contribution in [0.25, 0.3) is 0 Å². The second-order valence-corrected chi connectivity index (χ2v) is 6.59. The second kappa shape index (κ2) is 8.82. The third-order valence-electron chi connectivity index (χ3n) is 2.21. The molecule has 0 rings (SSSR count). The Bertz CT molecular complexity index is 171. The van der Waals surface area contributed by atoms with E-state index in [0.717, 1.165) is 6.42 Å². The minimum absolute atomic E-state index is 0.367. The molecule has 0 bridgehead atoms. The summed E-state index contributed by atoms with van der Waals surface area (Å²) in [6, 6.07) is 0. The number of ether oxygens (including phenoxy) is 1. The van der Waals surface area contributed by atoms with Gasteiger partial charge in [0.15, 0.2) is 0 Å². The van der Waals surface area contributed by atoms with Crippen LogP contribution in [-0.4, -0.2) is 42.0 Å². The summed E-state index contributed by atoms with van der Waals surface area (Å²) in [5, 5.41) is 0. The van der Waals surface area contributed by atoms with Gasteiger partial charge in [-0.25, -0.2) is 0 Å². The van der Waals surface area contributed by atoms with Crippen molar-refractivity contribution in [3.8, 4) is 0 Å². The van der Waals surface area contributed by atoms with Gasteiger partial charge >= 0.3 is 0 Å². The van der Waals surface area contributed by atoms with Crippen LogP contribution in [0.4, 0.5) is 0 Å². The van der Waals surface area contributed by atoms with Crippen LogP contribution >= 0.6 is 34.8 Å². The molecule has 5 heteroatoms. The molecule has 0 amide bonds. The smallest absolute Gasteiger partial charge is 0.217 e. The summed E-state index contributed by atoms with van der Waals surface area (Å²) < 4.78 is 4.27. The number of hydrogen-bond donors (Lipinski definition) is 0. The van der Waals surface area contributed by atoms with E-state index in [1.807, 2.05) is 19.0 Å². The Kier molecular flexibility index (Phi) is 9.25. The first kappa shape index (κ1) is 16.8. The van der Waals surface area contributed by atoms with E-state index in [0.29, 0.717) is 13.2 Å². The van der Waals surface area contributed by atoms with Gasteiger partial charge in [0.2, 0.25) is 3.79 Å². The highest BCUT2D eigenvalue weighted by atomic mass is 35.6. The molecule has 0 fully saturated rings. The molecular formula is C11H22Cl3NO. The minimum atomic E-state index is -1.35. The molecule has 0 radical (unpaired) electrons. The molecular weight excluding hydrogens is 268 g/mol. The Morgan fingerprint density at radius 3 is 2.19 bits per heavy atom. The molecule has 0 aromatic heterocycles. The van der Waals surface area contributed by atoms with Crippen LogP contribution in [0.3, 0.4) is 0 Å². The molecule has 0 heterocycles. The van der Waals surface area contributed by atoms with Gasteiger partial charge < -0.3 is 9.64 Å². The molecule has 0 aromatic carbocycles. The number of nitrogens with zero attached hydrogens (tertiary/aromatic N) is 1. The highest BCUT2D eigenvalue weighted by Crippen LogP contribution is 2.32. The zero-order valence-electron chi connectivity index (χ0n) is 10.3. The van der Waals surface area contributed by atoms with E-state index in [-0.39, 0.29) is 6.10 Å². The van der Waals surface area contributed by atoms with Crippen LogP contribution in [-0.2, 0) is 4.74 Å². The Labute approximate surface area is 114 Å². The maximum absolute atomic E-state index is 5.86. The fourth-order valence-electron chi connectivity index (χ4n) is 1.34. The number of hydrogen-bond acceptors (Lipinski definition) is 2. The van der Waals surface area contributed by atoms with Crippen molar-refractivity contribution in [2.45, 2.75) is 42.5 Å². The second-order valence-electron chi connectivity index (χ2n) is 4.22. The predicted molar refractivity (Wildman–Crippen MR) is 72.7 cm³/mol. The molecule has 0 aliphatic heterocycles. The van der Waals surface area contributed by atoms with Crippen LogP contribution in [0.15, 0.2) is 0 Å². The molecule has 98 valence electrons. The fourth-order valence-corrected chi connectivity index (χ4v) is 1.73. The van der Waals surface area contributed by atoms with E-state index in [1.54, 1.807) is 0 Å². The van der Waals surface area contributed by atoms with Crippen molar-refractivity contribution in [1.29, 1.82) is 0 Å². The van der Waals surface area contributed by atoms with Gasteiger partial charge in [-0.3, -0.25) is 0 Å². The molecule has 2 nitrogen and oxygen atoms in total. The molecule has 0 aliphatic rings. The quantitative estimate of drug-likeness (QED) is 0.497. The number of alkyl halides is 3. The van der Waals surface area contributed by atoms with E-state index in [2.05, 4.69) is 6.92 Å². The van der Waals surface area contributed by atoms with Crippen molar-refractivity contribution in [3.05, 3.63) is 0 Å². The summed E-state index contributed by atoms with van der Waals surface area (Å²) in [7, 11) is 3.87. The van der Waals surface area contributed by atoms with Crippen LogP contribution < -0.4 is 0 Å². The Hall–Kier alpha value is 0.790. The van der Waals surface area contributed by atoms with Gasteiger partial charge in [0.1, 0.15) is 6.10 Å². The lowest BCUT2D eigenvalue weighted by molar-refractivity contribution is 0.0361. The molecule has 0 saturated carbocycles. The highest BCUT2D eigenvalue weighted by Gasteiger charge is 2.33. The normalized spacial score (nSPS) is 14.4. The Morgan fingerprint density at radius 1 is 1.12 bits per heavy atom. The summed E-state index contributed by atoms with van der Waals surface area (Å²) in [4.78, 5) is 1.96. The maximum atomic E-state index is 5.86. The zero-order chi connectivity index (χ0) is 12.6. The molecule has 0 aliphatic carbocycles. The van der Waals surface area contributed by atoms with Gasteiger partial charge in [-0.05, 0) is 20.5 Å². The fraction of sp³-hybridized carbons (Fsp3) is 1.00. The van der Waals surface area contributed by atoms with Gasteiger partial charge in [-0.1, -0.05) is 61.0 Å². The third-order valence-corrected chi connectivity index (χ3v) is 2.94. The topological polar surface area (TPSA) is 12.5 Å². The average molecular weight is 291 g/mol. The number of unbranched alkanes of at least 4 members (excludes halogenated alkanes) is 3. The monoisotopic (exact) mass is 289 g/mol. The molecule has 0 N–H and O–H groups in total. The van der Waals surface area contributed by atoms with Crippen LogP contribution in [0, 0.1) is 0 Å². The van der Waals surface area contributed by atoms with Gasteiger partial charge in [0, 0.05) is 13.2 Å². The predicted octanol–water partition coefficient (Wildman–Crippen LogP) is 3.88. The van der Waals surface area contributed by atoms with Crippen molar-refractivity contribution < 1.29 is 4.74 Å². The molecule has 0 saturated heterocycles. The summed E-state index contributed by atoms with van der Waals surface area (Å²) in [6.45, 7) is 3.45. The number of likely N-dealkylation sites (N-methyl/N-ethyl adjacent to an activating group) is 1. The summed E-state index contributed by atoms with van der Waals surface area (Å²) >= 11 is 17.6. The van der Waals surface area contributed by atoms with Crippen molar-refractivity contribution in [3.63, 3.8) is 0 Å². The molecule has 0 aromatic rings. The standard InChI is InChI=1S/C11H22Cl3NO/c1-4-5-6-7-8-16-10(9-15(2)3)11(12,13)14/h10H,4-9H2,1-3H3/t10-/m1/s1. The van der Waals surface area contributed by atoms with Crippen molar-refractivity contribution in [2.24, 2.45) is 0 Å². The Morgan fingerprint density at radius 2 is 1.75 bits per heavy atom. The highest BCUT2D eigenvalue weighted by molar-refractivity contribution is 6.68. The summed E-state index contributed by atoms with van der Waals surface area (Å²) in [5.74, 6) is 0. The van der Waals surface area contributed by atoms with Gasteiger partial charge in [-0.2, -0.15) is 0 Å². The van der Waals surface area contributed by atoms with E-state index in [1.165, 1.54) is 19.3 Å². The molecule has 1 atom stereocenters. The third kappa shape index (κ3) is 8.89. The largest absolute Gasteiger partial charge is 0.372 e. The lowest BCUT2D eigenvalue weighted by Crippen LogP contribution is -2.38. The van der Waals surface area contributed by atoms with Crippen LogP contribution in [0.1, 0.15) is 32.6 Å². The van der Waals surface area contributed by atoms with Crippen LogP contribution in [0.2, 0.25) is 0 Å². The molecule has 16 heavy (non-hydrogen) atoms. The van der Waals surface area contributed by atoms with E-state index < -0.39 is 3.79 Å². The minimum Gasteiger partial charge on any atom is -0.372 e. The summed E-state index contributed by atoms with van der Waals surface area (Å²) in [6.07, 6.45) is 4.28. The van der Waals surface area contributed by atoms with Crippen molar-refractivity contribution in [1.82, 2.24) is 4.90 Å². The first-order valence-corrected chi connectivity index (χ1v) is 6.84. The average Bonchev–Trinajstić information content (AvgIpc) is 2.13. The van der Waals surface area contributed by atoms with Gasteiger partial charge in [-0.15, -0.1) is 0 Å². The Balaban J connectivity index is 3.84. The van der Waals surface area contributed by atoms with E-state index in [9.17, 15) is 0 Å². The van der Waals surface area contributed by atoms with Gasteiger partial charge in [0.25, 0.3) is 0 Å². The number of rotatable bonds is 8. The summed E-state index contributed by atoms with van der Waals surface area (Å²) in [5.41, 5.74) is 0. The van der Waals surface area contributed by atoms with Crippen molar-refractivity contribution >= 4 is 34.8 Å². The zero-order valence-corrected chi connectivity index (χ0v) is 12.6. The van der Waals surface area contributed by atoms with E-state index >= 15 is 0 Å². The molecule has 0 spiro atoms. The first-order chi connectivity index (χ1) is 7.38. The molecule has 0 unspecified atom stereocenters. The van der Waals surface area contributed by atoms with E-state index in [4.69, 9.17) is 39.5 Å². The van der Waals surface area contributed by atoms with Crippen LogP contribution in [0.5, 0.6) is 0 Å². The first-order valence-electron chi connectivity index (χ1n) is 5.71. The van der Waals surface area contributed by atoms with Crippen molar-refractivity contribution in [2.75, 3.05) is 27.2 Å². The number of halogens is 3. The maximum Gasteiger partial charge on any atom is 0.217 e. The lowest BCUT2D eigenvalue weighted by atomic mass is 10.2. The lowest BCUT2D eigenvalue weighted by Gasteiger charge is -2.27. The SMILES string of the molecule is CCCCCCO[C@H](CN(C)C)C(Cl)(Cl)Cl.